The Morgan fingerprint density at radius 2 is 1.69 bits per heavy atom. The number of hydrogen-bond acceptors (Lipinski definition) is 4. The number of aryl methyl sites for hydroxylation is 2. The van der Waals surface area contributed by atoms with Gasteiger partial charge >= 0.3 is 11.8 Å². The summed E-state index contributed by atoms with van der Waals surface area (Å²) < 4.78 is 5.77. The lowest BCUT2D eigenvalue weighted by molar-refractivity contribution is -0.136. The van der Waals surface area contributed by atoms with Gasteiger partial charge < -0.3 is 10.1 Å². The van der Waals surface area contributed by atoms with Crippen molar-refractivity contribution in [2.24, 2.45) is 5.10 Å². The summed E-state index contributed by atoms with van der Waals surface area (Å²) in [5.74, 6) is -1.07. The maximum atomic E-state index is 12.1. The summed E-state index contributed by atoms with van der Waals surface area (Å²) in [6, 6.07) is 17.9. The number of carbonyl (C=O) groups excluding carboxylic acids is 2. The summed E-state index contributed by atoms with van der Waals surface area (Å²) in [5, 5.41) is 7.55. The van der Waals surface area contributed by atoms with Gasteiger partial charge in [-0.15, -0.1) is 0 Å². The van der Waals surface area contributed by atoms with Gasteiger partial charge in [-0.1, -0.05) is 59.6 Å². The van der Waals surface area contributed by atoms with Crippen molar-refractivity contribution in [1.82, 2.24) is 5.43 Å². The Balaban J connectivity index is 1.56. The number of ether oxygens (including phenoxy) is 1. The number of hydrazone groups is 1. The molecule has 0 aliphatic carbocycles. The molecule has 0 aliphatic rings. The van der Waals surface area contributed by atoms with Gasteiger partial charge in [-0.3, -0.25) is 9.59 Å². The maximum Gasteiger partial charge on any atom is 0.329 e. The molecule has 0 radical (unpaired) electrons. The second kappa shape index (κ2) is 10.8. The molecular formula is C24H21Cl2N3O3. The van der Waals surface area contributed by atoms with Crippen molar-refractivity contribution in [1.29, 1.82) is 0 Å². The van der Waals surface area contributed by atoms with Crippen molar-refractivity contribution in [3.8, 4) is 5.75 Å². The fourth-order valence-corrected chi connectivity index (χ4v) is 3.35. The molecule has 3 aromatic rings. The SMILES string of the molecule is Cc1cccc(C)c1NC(=O)C(=O)N/N=C/c1cccc(OCc2ccc(Cl)cc2Cl)c1. The number of carbonyl (C=O) groups is 2. The summed E-state index contributed by atoms with van der Waals surface area (Å²) in [5.41, 5.74) is 6.06. The van der Waals surface area contributed by atoms with Crippen LogP contribution in [0.1, 0.15) is 22.3 Å². The van der Waals surface area contributed by atoms with Crippen molar-refractivity contribution in [3.05, 3.63) is 93.0 Å². The van der Waals surface area contributed by atoms with E-state index in [9.17, 15) is 9.59 Å². The first-order valence-corrected chi connectivity index (χ1v) is 10.5. The number of anilines is 1. The molecule has 0 saturated carbocycles. The summed E-state index contributed by atoms with van der Waals surface area (Å²) in [4.78, 5) is 24.2. The zero-order valence-corrected chi connectivity index (χ0v) is 19.0. The predicted molar refractivity (Wildman–Crippen MR) is 128 cm³/mol. The average Bonchev–Trinajstić information content (AvgIpc) is 2.76. The third-order valence-corrected chi connectivity index (χ3v) is 5.16. The van der Waals surface area contributed by atoms with Crippen LogP contribution in [0.3, 0.4) is 0 Å². The molecule has 0 spiro atoms. The Bertz CT molecular complexity index is 1160. The van der Waals surface area contributed by atoms with E-state index < -0.39 is 11.8 Å². The summed E-state index contributed by atoms with van der Waals surface area (Å²) in [7, 11) is 0. The summed E-state index contributed by atoms with van der Waals surface area (Å²) in [6.45, 7) is 3.98. The van der Waals surface area contributed by atoms with Gasteiger partial charge in [-0.25, -0.2) is 5.43 Å². The molecule has 0 aliphatic heterocycles. The molecule has 3 aromatic carbocycles. The van der Waals surface area contributed by atoms with Crippen LogP contribution in [0, 0.1) is 13.8 Å². The Morgan fingerprint density at radius 1 is 0.969 bits per heavy atom. The first-order valence-electron chi connectivity index (χ1n) is 9.71. The van der Waals surface area contributed by atoms with Crippen LogP contribution in [0.4, 0.5) is 5.69 Å². The van der Waals surface area contributed by atoms with Gasteiger partial charge in [0.05, 0.1) is 6.21 Å². The molecule has 0 aromatic heterocycles. The molecule has 0 saturated heterocycles. The van der Waals surface area contributed by atoms with Crippen LogP contribution in [0.5, 0.6) is 5.75 Å². The van der Waals surface area contributed by atoms with Crippen LogP contribution in [-0.4, -0.2) is 18.0 Å². The van der Waals surface area contributed by atoms with Gasteiger partial charge in [0, 0.05) is 21.3 Å². The van der Waals surface area contributed by atoms with E-state index >= 15 is 0 Å². The van der Waals surface area contributed by atoms with E-state index in [0.717, 1.165) is 16.7 Å². The molecule has 8 heteroatoms. The number of amides is 2. The zero-order chi connectivity index (χ0) is 23.1. The molecule has 2 N–H and O–H groups in total. The number of para-hydroxylation sites is 1. The molecule has 164 valence electrons. The number of nitrogens with zero attached hydrogens (tertiary/aromatic N) is 1. The second-order valence-electron chi connectivity index (χ2n) is 7.02. The predicted octanol–water partition coefficient (Wildman–Crippen LogP) is 5.28. The van der Waals surface area contributed by atoms with Crippen molar-refractivity contribution < 1.29 is 14.3 Å². The van der Waals surface area contributed by atoms with E-state index in [1.54, 1.807) is 42.5 Å². The van der Waals surface area contributed by atoms with Crippen LogP contribution in [0.15, 0.2) is 65.8 Å². The first kappa shape index (κ1) is 23.3. The highest BCUT2D eigenvalue weighted by atomic mass is 35.5. The van der Waals surface area contributed by atoms with Crippen LogP contribution < -0.4 is 15.5 Å². The lowest BCUT2D eigenvalue weighted by Crippen LogP contribution is -2.32. The monoisotopic (exact) mass is 469 g/mol. The van der Waals surface area contributed by atoms with E-state index in [1.807, 2.05) is 32.0 Å². The van der Waals surface area contributed by atoms with E-state index in [2.05, 4.69) is 15.8 Å². The van der Waals surface area contributed by atoms with Crippen molar-refractivity contribution in [2.75, 3.05) is 5.32 Å². The molecule has 0 bridgehead atoms. The Hall–Kier alpha value is -3.35. The number of rotatable bonds is 6. The summed E-state index contributed by atoms with van der Waals surface area (Å²) in [6.07, 6.45) is 1.42. The molecule has 0 atom stereocenters. The van der Waals surface area contributed by atoms with Crippen molar-refractivity contribution in [3.63, 3.8) is 0 Å². The minimum Gasteiger partial charge on any atom is -0.489 e. The summed E-state index contributed by atoms with van der Waals surface area (Å²) >= 11 is 12.1. The number of hydrogen-bond donors (Lipinski definition) is 2. The van der Waals surface area contributed by atoms with E-state index in [0.29, 0.717) is 27.0 Å². The topological polar surface area (TPSA) is 79.8 Å². The van der Waals surface area contributed by atoms with E-state index in [4.69, 9.17) is 27.9 Å². The van der Waals surface area contributed by atoms with Crippen LogP contribution in [0.2, 0.25) is 10.0 Å². The number of halogens is 2. The number of nitrogens with one attached hydrogen (secondary N) is 2. The Kier molecular flexibility index (Phi) is 7.87. The molecule has 0 fully saturated rings. The second-order valence-corrected chi connectivity index (χ2v) is 7.86. The fraction of sp³-hybridized carbons (Fsp3) is 0.125. The highest BCUT2D eigenvalue weighted by Gasteiger charge is 2.15. The third kappa shape index (κ3) is 6.33. The molecule has 3 rings (SSSR count). The molecule has 0 heterocycles. The van der Waals surface area contributed by atoms with Gasteiger partial charge in [0.15, 0.2) is 0 Å². The largest absolute Gasteiger partial charge is 0.489 e. The zero-order valence-electron chi connectivity index (χ0n) is 17.5. The normalized spacial score (nSPS) is 10.8. The lowest BCUT2D eigenvalue weighted by atomic mass is 10.1. The van der Waals surface area contributed by atoms with Crippen LogP contribution in [0.25, 0.3) is 0 Å². The fourth-order valence-electron chi connectivity index (χ4n) is 2.88. The van der Waals surface area contributed by atoms with Crippen molar-refractivity contribution in [2.45, 2.75) is 20.5 Å². The van der Waals surface area contributed by atoms with Crippen LogP contribution >= 0.6 is 23.2 Å². The molecule has 32 heavy (non-hydrogen) atoms. The Labute approximate surface area is 196 Å². The molecule has 6 nitrogen and oxygen atoms in total. The Morgan fingerprint density at radius 3 is 2.41 bits per heavy atom. The van der Waals surface area contributed by atoms with Gasteiger partial charge in [-0.2, -0.15) is 5.10 Å². The van der Waals surface area contributed by atoms with Gasteiger partial charge in [0.25, 0.3) is 0 Å². The smallest absolute Gasteiger partial charge is 0.329 e. The highest BCUT2D eigenvalue weighted by molar-refractivity contribution is 6.39. The van der Waals surface area contributed by atoms with Crippen molar-refractivity contribution >= 4 is 46.9 Å². The third-order valence-electron chi connectivity index (χ3n) is 4.57. The van der Waals surface area contributed by atoms with Gasteiger partial charge in [0.2, 0.25) is 0 Å². The minimum atomic E-state index is -0.867. The first-order chi connectivity index (χ1) is 15.3. The minimum absolute atomic E-state index is 0.270. The van der Waals surface area contributed by atoms with Crippen LogP contribution in [-0.2, 0) is 16.2 Å². The molecular weight excluding hydrogens is 449 g/mol. The van der Waals surface area contributed by atoms with Gasteiger partial charge in [0.1, 0.15) is 12.4 Å². The molecule has 0 unspecified atom stereocenters. The number of benzene rings is 3. The lowest BCUT2D eigenvalue weighted by Gasteiger charge is -2.10. The standard InChI is InChI=1S/C24H21Cl2N3O3/c1-15-5-3-6-16(2)22(15)28-23(30)24(31)29-27-13-17-7-4-8-20(11-17)32-14-18-9-10-19(25)12-21(18)26/h3-13H,14H2,1-2H3,(H,28,30)(H,29,31)/b27-13+. The average molecular weight is 470 g/mol. The highest BCUT2D eigenvalue weighted by Crippen LogP contribution is 2.23. The quantitative estimate of drug-likeness (QED) is 0.292. The van der Waals surface area contributed by atoms with Gasteiger partial charge in [-0.05, 0) is 54.8 Å². The van der Waals surface area contributed by atoms with E-state index in [1.165, 1.54) is 6.21 Å². The molecule has 2 amide bonds. The van der Waals surface area contributed by atoms with E-state index in [-0.39, 0.29) is 6.61 Å². The maximum absolute atomic E-state index is 12.1.